The van der Waals surface area contributed by atoms with Crippen LogP contribution in [0, 0.1) is 5.82 Å². The number of carbonyl (C=O) groups is 1. The fourth-order valence-corrected chi connectivity index (χ4v) is 2.80. The highest BCUT2D eigenvalue weighted by Gasteiger charge is 2.20. The molecule has 0 unspecified atom stereocenters. The number of para-hydroxylation sites is 1. The number of benzene rings is 2. The van der Waals surface area contributed by atoms with Gasteiger partial charge in [0.2, 0.25) is 11.9 Å². The summed E-state index contributed by atoms with van der Waals surface area (Å²) in [6, 6.07) is 13.8. The zero-order chi connectivity index (χ0) is 17.2. The topological polar surface area (TPSA) is 66.9 Å². The molecule has 0 saturated heterocycles. The van der Waals surface area contributed by atoms with Gasteiger partial charge in [0.15, 0.2) is 0 Å². The van der Waals surface area contributed by atoms with Gasteiger partial charge < -0.3 is 10.6 Å². The van der Waals surface area contributed by atoms with E-state index in [9.17, 15) is 9.18 Å². The normalized spacial score (nSPS) is 12.6. The molecule has 0 aliphatic carbocycles. The molecule has 4 rings (SSSR count). The van der Waals surface area contributed by atoms with Crippen molar-refractivity contribution >= 4 is 17.5 Å². The minimum Gasteiger partial charge on any atom is -0.350 e. The van der Waals surface area contributed by atoms with Gasteiger partial charge in [-0.25, -0.2) is 14.4 Å². The number of hydrogen-bond acceptors (Lipinski definition) is 4. The maximum Gasteiger partial charge on any atom is 0.228 e. The van der Waals surface area contributed by atoms with E-state index in [1.165, 1.54) is 12.1 Å². The van der Waals surface area contributed by atoms with Crippen LogP contribution in [0.1, 0.15) is 11.1 Å². The molecular formula is C19H15FN4O. The van der Waals surface area contributed by atoms with Crippen LogP contribution in [-0.4, -0.2) is 15.9 Å². The standard InChI is InChI=1S/C19H15FN4O/c20-14-7-5-12(6-8-14)10-21-19-22-11-13-9-17(25)23-16-4-2-1-3-15(16)18(13)24-19/h1-8,11H,9-10H2,(H,23,25)(H,21,22,24). The van der Waals surface area contributed by atoms with Gasteiger partial charge in [0.05, 0.1) is 17.8 Å². The molecule has 6 heteroatoms. The Morgan fingerprint density at radius 2 is 1.92 bits per heavy atom. The van der Waals surface area contributed by atoms with E-state index in [1.807, 2.05) is 24.3 Å². The van der Waals surface area contributed by atoms with Gasteiger partial charge in [0.1, 0.15) is 5.82 Å². The van der Waals surface area contributed by atoms with Crippen LogP contribution in [0.25, 0.3) is 11.3 Å². The van der Waals surface area contributed by atoms with Gasteiger partial charge in [-0.15, -0.1) is 0 Å². The van der Waals surface area contributed by atoms with E-state index < -0.39 is 0 Å². The number of fused-ring (bicyclic) bond motifs is 3. The molecule has 0 radical (unpaired) electrons. The molecule has 2 N–H and O–H groups in total. The molecule has 0 spiro atoms. The summed E-state index contributed by atoms with van der Waals surface area (Å²) in [5, 5.41) is 6.03. The summed E-state index contributed by atoms with van der Waals surface area (Å²) in [5.41, 5.74) is 4.07. The fraction of sp³-hybridized carbons (Fsp3) is 0.105. The summed E-state index contributed by atoms with van der Waals surface area (Å²) in [6.45, 7) is 0.484. The Morgan fingerprint density at radius 3 is 2.76 bits per heavy atom. The first-order valence-corrected chi connectivity index (χ1v) is 7.92. The Hall–Kier alpha value is -3.28. The van der Waals surface area contributed by atoms with Crippen LogP contribution < -0.4 is 10.6 Å². The van der Waals surface area contributed by atoms with Crippen LogP contribution in [0.15, 0.2) is 54.7 Å². The van der Waals surface area contributed by atoms with Crippen molar-refractivity contribution in [3.8, 4) is 11.3 Å². The number of halogens is 1. The quantitative estimate of drug-likeness (QED) is 0.770. The largest absolute Gasteiger partial charge is 0.350 e. The average Bonchev–Trinajstić information content (AvgIpc) is 2.76. The lowest BCUT2D eigenvalue weighted by molar-refractivity contribution is -0.115. The van der Waals surface area contributed by atoms with Gasteiger partial charge in [0, 0.05) is 23.9 Å². The summed E-state index contributed by atoms with van der Waals surface area (Å²) in [6.07, 6.45) is 1.92. The maximum atomic E-state index is 13.0. The number of carbonyl (C=O) groups excluding carboxylic acids is 1. The number of aromatic nitrogens is 2. The first-order chi connectivity index (χ1) is 12.2. The van der Waals surface area contributed by atoms with E-state index in [2.05, 4.69) is 20.6 Å². The van der Waals surface area contributed by atoms with E-state index >= 15 is 0 Å². The lowest BCUT2D eigenvalue weighted by atomic mass is 10.1. The first-order valence-electron chi connectivity index (χ1n) is 7.92. The predicted octanol–water partition coefficient (Wildman–Crippen LogP) is 3.39. The zero-order valence-electron chi connectivity index (χ0n) is 13.3. The molecule has 0 bridgehead atoms. The van der Waals surface area contributed by atoms with E-state index in [-0.39, 0.29) is 18.1 Å². The number of nitrogens with zero attached hydrogens (tertiary/aromatic N) is 2. The Labute approximate surface area is 144 Å². The maximum absolute atomic E-state index is 13.0. The SMILES string of the molecule is O=C1Cc2cnc(NCc3ccc(F)cc3)nc2-c2ccccc2N1. The second-order valence-electron chi connectivity index (χ2n) is 5.82. The molecular weight excluding hydrogens is 319 g/mol. The number of nitrogens with one attached hydrogen (secondary N) is 2. The summed E-state index contributed by atoms with van der Waals surface area (Å²) in [7, 11) is 0. The van der Waals surface area contributed by atoms with Crippen LogP contribution in [0.3, 0.4) is 0 Å². The second kappa shape index (κ2) is 6.32. The zero-order valence-corrected chi connectivity index (χ0v) is 13.3. The van der Waals surface area contributed by atoms with E-state index in [0.29, 0.717) is 12.5 Å². The Balaban J connectivity index is 1.64. The van der Waals surface area contributed by atoms with Gasteiger partial charge in [-0.05, 0) is 23.8 Å². The molecule has 2 heterocycles. The molecule has 0 atom stereocenters. The van der Waals surface area contributed by atoms with E-state index in [0.717, 1.165) is 28.1 Å². The Bertz CT molecular complexity index is 940. The number of amides is 1. The molecule has 124 valence electrons. The molecule has 2 aromatic carbocycles. The van der Waals surface area contributed by atoms with Crippen LogP contribution in [0.4, 0.5) is 16.0 Å². The highest BCUT2D eigenvalue weighted by molar-refractivity contribution is 5.99. The summed E-state index contributed by atoms with van der Waals surface area (Å²) in [4.78, 5) is 20.9. The Kier molecular flexibility index (Phi) is 3.85. The van der Waals surface area contributed by atoms with Gasteiger partial charge >= 0.3 is 0 Å². The third kappa shape index (κ3) is 3.19. The lowest BCUT2D eigenvalue weighted by Gasteiger charge is -2.10. The molecule has 0 fully saturated rings. The van der Waals surface area contributed by atoms with E-state index in [1.54, 1.807) is 18.3 Å². The first kappa shape index (κ1) is 15.3. The van der Waals surface area contributed by atoms with Gasteiger partial charge in [0.25, 0.3) is 0 Å². The summed E-state index contributed by atoms with van der Waals surface area (Å²) < 4.78 is 13.0. The average molecular weight is 334 g/mol. The fourth-order valence-electron chi connectivity index (χ4n) is 2.80. The van der Waals surface area contributed by atoms with Crippen molar-refractivity contribution in [2.45, 2.75) is 13.0 Å². The molecule has 1 amide bonds. The highest BCUT2D eigenvalue weighted by Crippen LogP contribution is 2.32. The van der Waals surface area contributed by atoms with Gasteiger partial charge in [-0.1, -0.05) is 30.3 Å². The highest BCUT2D eigenvalue weighted by atomic mass is 19.1. The van der Waals surface area contributed by atoms with Crippen molar-refractivity contribution in [1.29, 1.82) is 0 Å². The van der Waals surface area contributed by atoms with E-state index in [4.69, 9.17) is 0 Å². The second-order valence-corrected chi connectivity index (χ2v) is 5.82. The minimum absolute atomic E-state index is 0.0816. The van der Waals surface area contributed by atoms with Crippen molar-refractivity contribution < 1.29 is 9.18 Å². The molecule has 0 saturated carbocycles. The Morgan fingerprint density at radius 1 is 1.12 bits per heavy atom. The van der Waals surface area contributed by atoms with Crippen LogP contribution in [0.5, 0.6) is 0 Å². The van der Waals surface area contributed by atoms with Crippen molar-refractivity contribution in [3.05, 3.63) is 71.7 Å². The number of anilines is 2. The summed E-state index contributed by atoms with van der Waals surface area (Å²) in [5.74, 6) is 0.118. The molecule has 1 aliphatic heterocycles. The molecule has 25 heavy (non-hydrogen) atoms. The smallest absolute Gasteiger partial charge is 0.228 e. The minimum atomic E-state index is -0.265. The monoisotopic (exact) mass is 334 g/mol. The van der Waals surface area contributed by atoms with Crippen LogP contribution >= 0.6 is 0 Å². The van der Waals surface area contributed by atoms with Crippen molar-refractivity contribution in [2.75, 3.05) is 10.6 Å². The molecule has 1 aliphatic rings. The van der Waals surface area contributed by atoms with Gasteiger partial charge in [-0.2, -0.15) is 0 Å². The van der Waals surface area contributed by atoms with Gasteiger partial charge in [-0.3, -0.25) is 4.79 Å². The predicted molar refractivity (Wildman–Crippen MR) is 93.5 cm³/mol. The summed E-state index contributed by atoms with van der Waals surface area (Å²) >= 11 is 0. The van der Waals surface area contributed by atoms with Crippen LogP contribution in [0.2, 0.25) is 0 Å². The third-order valence-electron chi connectivity index (χ3n) is 4.04. The molecule has 3 aromatic rings. The van der Waals surface area contributed by atoms with Crippen molar-refractivity contribution in [3.63, 3.8) is 0 Å². The van der Waals surface area contributed by atoms with Crippen molar-refractivity contribution in [2.24, 2.45) is 0 Å². The number of rotatable bonds is 3. The third-order valence-corrected chi connectivity index (χ3v) is 4.04. The van der Waals surface area contributed by atoms with Crippen LogP contribution in [-0.2, 0) is 17.8 Å². The molecule has 5 nitrogen and oxygen atoms in total. The number of hydrogen-bond donors (Lipinski definition) is 2. The van der Waals surface area contributed by atoms with Crippen molar-refractivity contribution in [1.82, 2.24) is 9.97 Å². The molecule has 1 aromatic heterocycles. The lowest BCUT2D eigenvalue weighted by Crippen LogP contribution is -2.12.